The average Bonchev–Trinajstić information content (AvgIpc) is 3.08. The molecule has 3 aromatic rings. The minimum atomic E-state index is -0.0874. The molecule has 4 rings (SSSR count). The van der Waals surface area contributed by atoms with E-state index in [0.29, 0.717) is 17.2 Å². The molecular formula is C20H21N3O2. The fraction of sp³-hybridized carbons (Fsp3) is 0.300. The van der Waals surface area contributed by atoms with Gasteiger partial charge in [0.1, 0.15) is 5.75 Å². The third-order valence-electron chi connectivity index (χ3n) is 4.92. The maximum Gasteiger partial charge on any atom is 0.266 e. The van der Waals surface area contributed by atoms with Crippen molar-refractivity contribution in [2.45, 2.75) is 18.8 Å². The van der Waals surface area contributed by atoms with Crippen LogP contribution in [0.5, 0.6) is 5.75 Å². The molecule has 0 amide bonds. The van der Waals surface area contributed by atoms with Gasteiger partial charge in [0.05, 0.1) is 23.7 Å². The number of aromatic nitrogens is 2. The van der Waals surface area contributed by atoms with E-state index in [-0.39, 0.29) is 5.91 Å². The summed E-state index contributed by atoms with van der Waals surface area (Å²) in [5.74, 6) is 0.933. The molecule has 2 aromatic heterocycles. The zero-order valence-corrected chi connectivity index (χ0v) is 14.2. The SMILES string of the molecule is COc1ccccc1C(=O)n1cc(C2CCNCC2)c2ncccc21. The van der Waals surface area contributed by atoms with Crippen LogP contribution in [-0.4, -0.2) is 35.7 Å². The number of nitrogens with zero attached hydrogens (tertiary/aromatic N) is 2. The van der Waals surface area contributed by atoms with Gasteiger partial charge in [0.2, 0.25) is 0 Å². The van der Waals surface area contributed by atoms with Crippen molar-refractivity contribution in [3.05, 3.63) is 59.9 Å². The summed E-state index contributed by atoms with van der Waals surface area (Å²) in [5, 5.41) is 3.39. The molecule has 128 valence electrons. The standard InChI is InChI=1S/C20H21N3O2/c1-25-18-7-3-2-5-15(18)20(24)23-13-16(14-8-11-21-12-9-14)19-17(23)6-4-10-22-19/h2-7,10,13-14,21H,8-9,11-12H2,1H3. The van der Waals surface area contributed by atoms with Gasteiger partial charge < -0.3 is 10.1 Å². The number of piperidine rings is 1. The van der Waals surface area contributed by atoms with Crippen molar-refractivity contribution in [2.24, 2.45) is 0 Å². The van der Waals surface area contributed by atoms with Crippen molar-refractivity contribution in [3.63, 3.8) is 0 Å². The number of para-hydroxylation sites is 1. The Morgan fingerprint density at radius 2 is 2.00 bits per heavy atom. The molecule has 1 aliphatic rings. The first-order chi connectivity index (χ1) is 12.3. The van der Waals surface area contributed by atoms with Crippen molar-refractivity contribution >= 4 is 16.9 Å². The fourth-order valence-electron chi connectivity index (χ4n) is 3.63. The number of benzene rings is 1. The molecule has 1 N–H and O–H groups in total. The molecule has 1 fully saturated rings. The fourth-order valence-corrected chi connectivity index (χ4v) is 3.63. The maximum absolute atomic E-state index is 13.2. The van der Waals surface area contributed by atoms with Crippen LogP contribution in [0.25, 0.3) is 11.0 Å². The summed E-state index contributed by atoms with van der Waals surface area (Å²) in [4.78, 5) is 17.7. The molecule has 3 heterocycles. The lowest BCUT2D eigenvalue weighted by molar-refractivity contribution is 0.0961. The Balaban J connectivity index is 1.83. The second-order valence-corrected chi connectivity index (χ2v) is 6.36. The molecule has 0 unspecified atom stereocenters. The van der Waals surface area contributed by atoms with Crippen LogP contribution in [-0.2, 0) is 0 Å². The predicted molar refractivity (Wildman–Crippen MR) is 97.3 cm³/mol. The van der Waals surface area contributed by atoms with Gasteiger partial charge in [0.15, 0.2) is 0 Å². The summed E-state index contributed by atoms with van der Waals surface area (Å²) in [6.45, 7) is 2.01. The topological polar surface area (TPSA) is 56.1 Å². The molecule has 0 aliphatic carbocycles. The molecule has 0 radical (unpaired) electrons. The van der Waals surface area contributed by atoms with Gasteiger partial charge in [-0.3, -0.25) is 14.3 Å². The highest BCUT2D eigenvalue weighted by Gasteiger charge is 2.24. The molecule has 1 aliphatic heterocycles. The van der Waals surface area contributed by atoms with Gasteiger partial charge in [-0.05, 0) is 61.7 Å². The highest BCUT2D eigenvalue weighted by molar-refractivity contribution is 6.04. The van der Waals surface area contributed by atoms with Crippen LogP contribution in [0.2, 0.25) is 0 Å². The highest BCUT2D eigenvalue weighted by Crippen LogP contribution is 2.32. The van der Waals surface area contributed by atoms with E-state index in [0.717, 1.165) is 37.0 Å². The molecule has 0 saturated carbocycles. The van der Waals surface area contributed by atoms with Crippen LogP contribution in [0.3, 0.4) is 0 Å². The lowest BCUT2D eigenvalue weighted by Crippen LogP contribution is -2.26. The number of hydrogen-bond donors (Lipinski definition) is 1. The van der Waals surface area contributed by atoms with Crippen molar-refractivity contribution in [1.82, 2.24) is 14.9 Å². The van der Waals surface area contributed by atoms with Crippen LogP contribution < -0.4 is 10.1 Å². The number of rotatable bonds is 3. The van der Waals surface area contributed by atoms with Crippen LogP contribution in [0, 0.1) is 0 Å². The number of nitrogens with one attached hydrogen (secondary N) is 1. The Kier molecular flexibility index (Phi) is 4.24. The molecule has 1 aromatic carbocycles. The normalized spacial score (nSPS) is 15.4. The molecule has 5 heteroatoms. The lowest BCUT2D eigenvalue weighted by Gasteiger charge is -2.21. The van der Waals surface area contributed by atoms with E-state index in [1.807, 2.05) is 36.5 Å². The molecule has 25 heavy (non-hydrogen) atoms. The van der Waals surface area contributed by atoms with E-state index in [2.05, 4.69) is 10.3 Å². The van der Waals surface area contributed by atoms with Gasteiger partial charge >= 0.3 is 0 Å². The van der Waals surface area contributed by atoms with Gasteiger partial charge in [-0.2, -0.15) is 0 Å². The van der Waals surface area contributed by atoms with Crippen molar-refractivity contribution in [2.75, 3.05) is 20.2 Å². The number of ether oxygens (including phenoxy) is 1. The van der Waals surface area contributed by atoms with Crippen LogP contribution in [0.1, 0.15) is 34.7 Å². The van der Waals surface area contributed by atoms with Crippen molar-refractivity contribution in [3.8, 4) is 5.75 Å². The van der Waals surface area contributed by atoms with Gasteiger partial charge in [-0.15, -0.1) is 0 Å². The Labute approximate surface area is 146 Å². The quantitative estimate of drug-likeness (QED) is 0.798. The first-order valence-electron chi connectivity index (χ1n) is 8.64. The minimum Gasteiger partial charge on any atom is -0.496 e. The molecule has 0 spiro atoms. The Bertz CT molecular complexity index is 910. The van der Waals surface area contributed by atoms with Crippen molar-refractivity contribution in [1.29, 1.82) is 0 Å². The van der Waals surface area contributed by atoms with E-state index in [1.165, 1.54) is 5.56 Å². The van der Waals surface area contributed by atoms with E-state index in [1.54, 1.807) is 23.9 Å². The summed E-state index contributed by atoms with van der Waals surface area (Å²) >= 11 is 0. The maximum atomic E-state index is 13.2. The second-order valence-electron chi connectivity index (χ2n) is 6.36. The zero-order valence-electron chi connectivity index (χ0n) is 14.2. The monoisotopic (exact) mass is 335 g/mol. The number of carbonyl (C=O) groups excluding carboxylic acids is 1. The summed E-state index contributed by atoms with van der Waals surface area (Å²) in [5.41, 5.74) is 3.51. The molecule has 5 nitrogen and oxygen atoms in total. The Hall–Kier alpha value is -2.66. The summed E-state index contributed by atoms with van der Waals surface area (Å²) in [6.07, 6.45) is 5.91. The third kappa shape index (κ3) is 2.81. The van der Waals surface area contributed by atoms with E-state index in [9.17, 15) is 4.79 Å². The highest BCUT2D eigenvalue weighted by atomic mass is 16.5. The second kappa shape index (κ2) is 6.69. The van der Waals surface area contributed by atoms with E-state index < -0.39 is 0 Å². The predicted octanol–water partition coefficient (Wildman–Crippen LogP) is 3.20. The lowest BCUT2D eigenvalue weighted by atomic mass is 9.91. The Morgan fingerprint density at radius 3 is 2.80 bits per heavy atom. The molecule has 1 saturated heterocycles. The number of hydrogen-bond acceptors (Lipinski definition) is 4. The summed E-state index contributed by atoms with van der Waals surface area (Å²) in [6, 6.07) is 11.2. The minimum absolute atomic E-state index is 0.0874. The van der Waals surface area contributed by atoms with Gasteiger partial charge in [0.25, 0.3) is 5.91 Å². The smallest absolute Gasteiger partial charge is 0.266 e. The average molecular weight is 335 g/mol. The first-order valence-corrected chi connectivity index (χ1v) is 8.64. The van der Waals surface area contributed by atoms with Gasteiger partial charge in [-0.1, -0.05) is 12.1 Å². The number of carbonyl (C=O) groups is 1. The third-order valence-corrected chi connectivity index (χ3v) is 4.92. The Morgan fingerprint density at radius 1 is 1.20 bits per heavy atom. The van der Waals surface area contributed by atoms with Gasteiger partial charge in [-0.25, -0.2) is 0 Å². The van der Waals surface area contributed by atoms with E-state index >= 15 is 0 Å². The summed E-state index contributed by atoms with van der Waals surface area (Å²) < 4.78 is 7.08. The molecular weight excluding hydrogens is 314 g/mol. The van der Waals surface area contributed by atoms with Gasteiger partial charge in [0, 0.05) is 12.4 Å². The summed E-state index contributed by atoms with van der Waals surface area (Å²) in [7, 11) is 1.59. The zero-order chi connectivity index (χ0) is 17.2. The largest absolute Gasteiger partial charge is 0.496 e. The van der Waals surface area contributed by atoms with Crippen LogP contribution in [0.4, 0.5) is 0 Å². The number of fused-ring (bicyclic) bond motifs is 1. The van der Waals surface area contributed by atoms with Crippen LogP contribution >= 0.6 is 0 Å². The van der Waals surface area contributed by atoms with E-state index in [4.69, 9.17) is 4.74 Å². The molecule has 0 bridgehead atoms. The first kappa shape index (κ1) is 15.8. The van der Waals surface area contributed by atoms with Crippen molar-refractivity contribution < 1.29 is 9.53 Å². The number of methoxy groups -OCH3 is 1. The number of pyridine rings is 1. The molecule has 0 atom stereocenters. The van der Waals surface area contributed by atoms with Crippen LogP contribution in [0.15, 0.2) is 48.8 Å².